The summed E-state index contributed by atoms with van der Waals surface area (Å²) in [6.07, 6.45) is 0. The highest BCUT2D eigenvalue weighted by atomic mass is 16.5. The van der Waals surface area contributed by atoms with Gasteiger partial charge in [-0.3, -0.25) is 9.59 Å². The van der Waals surface area contributed by atoms with Gasteiger partial charge in [-0.1, -0.05) is 30.3 Å². The second kappa shape index (κ2) is 6.35. The minimum absolute atomic E-state index is 0.116. The molecule has 1 heterocycles. The fourth-order valence-electron chi connectivity index (χ4n) is 3.33. The highest BCUT2D eigenvalue weighted by Gasteiger charge is 2.45. The smallest absolute Gasteiger partial charge is 0.315 e. The molecule has 2 aromatic carbocycles. The number of methoxy groups -OCH3 is 2. The summed E-state index contributed by atoms with van der Waals surface area (Å²) in [7, 11) is 2.96. The molecule has 0 spiro atoms. The lowest BCUT2D eigenvalue weighted by atomic mass is 9.90. The normalized spacial score (nSPS) is 18.9. The average Bonchev–Trinajstić information content (AvgIpc) is 2.96. The number of benzene rings is 2. The molecule has 0 N–H and O–H groups in total. The van der Waals surface area contributed by atoms with Crippen LogP contribution in [-0.2, 0) is 14.3 Å². The van der Waals surface area contributed by atoms with Crippen LogP contribution in [0, 0.1) is 0 Å². The Balaban J connectivity index is 2.15. The number of amides is 1. The summed E-state index contributed by atoms with van der Waals surface area (Å²) in [4.78, 5) is 26.5. The highest BCUT2D eigenvalue weighted by molar-refractivity contribution is 5.99. The lowest BCUT2D eigenvalue weighted by Crippen LogP contribution is -2.33. The Morgan fingerprint density at radius 3 is 2.25 bits per heavy atom. The van der Waals surface area contributed by atoms with Gasteiger partial charge in [0.05, 0.1) is 20.3 Å². The van der Waals surface area contributed by atoms with Gasteiger partial charge in [-0.2, -0.15) is 0 Å². The van der Waals surface area contributed by atoms with Crippen LogP contribution < -0.4 is 9.64 Å². The zero-order valence-electron chi connectivity index (χ0n) is 13.9. The Labute approximate surface area is 140 Å². The van der Waals surface area contributed by atoms with Gasteiger partial charge < -0.3 is 14.4 Å². The molecule has 2 atom stereocenters. The molecule has 0 unspecified atom stereocenters. The molecule has 5 heteroatoms. The summed E-state index contributed by atoms with van der Waals surface area (Å²) >= 11 is 0. The number of hydrogen-bond donors (Lipinski definition) is 0. The van der Waals surface area contributed by atoms with Crippen LogP contribution in [0.3, 0.4) is 0 Å². The second-order valence-corrected chi connectivity index (χ2v) is 5.67. The Kier molecular flexibility index (Phi) is 4.25. The van der Waals surface area contributed by atoms with Crippen LogP contribution in [-0.4, -0.2) is 26.1 Å². The van der Waals surface area contributed by atoms with Gasteiger partial charge in [-0.15, -0.1) is 0 Å². The van der Waals surface area contributed by atoms with Gasteiger partial charge in [0.2, 0.25) is 5.91 Å². The summed E-state index contributed by atoms with van der Waals surface area (Å²) in [5.74, 6) is -0.302. The summed E-state index contributed by atoms with van der Waals surface area (Å²) < 4.78 is 10.2. The van der Waals surface area contributed by atoms with E-state index in [4.69, 9.17) is 9.47 Å². The number of carbonyl (C=O) groups is 2. The van der Waals surface area contributed by atoms with Crippen molar-refractivity contribution < 1.29 is 19.1 Å². The SMILES string of the molecule is COC(=O)[C@H]1c2ccccc2N(C(C)=O)[C@@H]1c1ccc(OC)cc1. The highest BCUT2D eigenvalue weighted by Crippen LogP contribution is 2.49. The van der Waals surface area contributed by atoms with Crippen LogP contribution in [0.4, 0.5) is 5.69 Å². The molecule has 2 aromatic rings. The maximum Gasteiger partial charge on any atom is 0.315 e. The van der Waals surface area contributed by atoms with E-state index in [9.17, 15) is 9.59 Å². The van der Waals surface area contributed by atoms with E-state index >= 15 is 0 Å². The van der Waals surface area contributed by atoms with Gasteiger partial charge in [0.1, 0.15) is 11.7 Å². The largest absolute Gasteiger partial charge is 0.497 e. The first kappa shape index (κ1) is 16.1. The molecule has 24 heavy (non-hydrogen) atoms. The Hall–Kier alpha value is -2.82. The molecule has 1 amide bonds. The van der Waals surface area contributed by atoms with Crippen LogP contribution in [0.15, 0.2) is 48.5 Å². The molecule has 5 nitrogen and oxygen atoms in total. The zero-order chi connectivity index (χ0) is 17.3. The molecule has 0 radical (unpaired) electrons. The predicted octanol–water partition coefficient (Wildman–Crippen LogP) is 3.06. The number of nitrogens with zero attached hydrogens (tertiary/aromatic N) is 1. The molecule has 0 aromatic heterocycles. The molecule has 0 saturated carbocycles. The Bertz CT molecular complexity index is 769. The van der Waals surface area contributed by atoms with Gasteiger partial charge in [-0.05, 0) is 29.3 Å². The third-order valence-corrected chi connectivity index (χ3v) is 4.38. The molecule has 0 saturated heterocycles. The van der Waals surface area contributed by atoms with E-state index < -0.39 is 12.0 Å². The van der Waals surface area contributed by atoms with E-state index in [0.717, 1.165) is 22.6 Å². The Morgan fingerprint density at radius 2 is 1.67 bits per heavy atom. The Morgan fingerprint density at radius 1 is 1.00 bits per heavy atom. The van der Waals surface area contributed by atoms with Crippen molar-refractivity contribution in [3.63, 3.8) is 0 Å². The number of carbonyl (C=O) groups excluding carboxylic acids is 2. The van der Waals surface area contributed by atoms with Crippen molar-refractivity contribution in [2.45, 2.75) is 18.9 Å². The standard InChI is InChI=1S/C19H19NO4/c1-12(21)20-16-7-5-4-6-15(16)17(19(22)24-3)18(20)13-8-10-14(23-2)11-9-13/h4-11,17-18H,1-3H3/t17-,18+/m0/s1. The van der Waals surface area contributed by atoms with Crippen molar-refractivity contribution in [1.29, 1.82) is 0 Å². The minimum Gasteiger partial charge on any atom is -0.497 e. The number of ether oxygens (including phenoxy) is 2. The van der Waals surface area contributed by atoms with Crippen molar-refractivity contribution >= 4 is 17.6 Å². The van der Waals surface area contributed by atoms with Crippen molar-refractivity contribution in [3.8, 4) is 5.75 Å². The van der Waals surface area contributed by atoms with E-state index in [1.807, 2.05) is 48.5 Å². The second-order valence-electron chi connectivity index (χ2n) is 5.67. The van der Waals surface area contributed by atoms with E-state index in [2.05, 4.69) is 0 Å². The fraction of sp³-hybridized carbons (Fsp3) is 0.263. The number of anilines is 1. The quantitative estimate of drug-likeness (QED) is 0.814. The van der Waals surface area contributed by atoms with Crippen molar-refractivity contribution in [2.75, 3.05) is 19.1 Å². The van der Waals surface area contributed by atoms with Gasteiger partial charge in [0.15, 0.2) is 0 Å². The first-order chi connectivity index (χ1) is 11.6. The molecule has 0 fully saturated rings. The van der Waals surface area contributed by atoms with Crippen LogP contribution in [0.2, 0.25) is 0 Å². The third kappa shape index (κ3) is 2.52. The first-order valence-corrected chi connectivity index (χ1v) is 7.69. The first-order valence-electron chi connectivity index (χ1n) is 7.69. The van der Waals surface area contributed by atoms with Crippen LogP contribution in [0.25, 0.3) is 0 Å². The lowest BCUT2D eigenvalue weighted by Gasteiger charge is -2.27. The van der Waals surface area contributed by atoms with Crippen molar-refractivity contribution in [2.24, 2.45) is 0 Å². The minimum atomic E-state index is -0.552. The van der Waals surface area contributed by atoms with Gasteiger partial charge >= 0.3 is 5.97 Å². The summed E-state index contributed by atoms with van der Waals surface area (Å²) in [6.45, 7) is 1.51. The number of esters is 1. The summed E-state index contributed by atoms with van der Waals surface area (Å²) in [6, 6.07) is 14.4. The zero-order valence-corrected chi connectivity index (χ0v) is 13.9. The molecule has 0 aliphatic carbocycles. The average molecular weight is 325 g/mol. The van der Waals surface area contributed by atoms with Crippen LogP contribution >= 0.6 is 0 Å². The molecule has 124 valence electrons. The topological polar surface area (TPSA) is 55.8 Å². The number of hydrogen-bond acceptors (Lipinski definition) is 4. The lowest BCUT2D eigenvalue weighted by molar-refractivity contribution is -0.142. The summed E-state index contributed by atoms with van der Waals surface area (Å²) in [5, 5.41) is 0. The molecular formula is C19H19NO4. The third-order valence-electron chi connectivity index (χ3n) is 4.38. The number of fused-ring (bicyclic) bond motifs is 1. The van der Waals surface area contributed by atoms with E-state index in [1.54, 1.807) is 12.0 Å². The van der Waals surface area contributed by atoms with Crippen LogP contribution in [0.5, 0.6) is 5.75 Å². The monoisotopic (exact) mass is 325 g/mol. The van der Waals surface area contributed by atoms with Crippen molar-refractivity contribution in [3.05, 3.63) is 59.7 Å². The van der Waals surface area contributed by atoms with Crippen molar-refractivity contribution in [1.82, 2.24) is 0 Å². The van der Waals surface area contributed by atoms with E-state index in [0.29, 0.717) is 0 Å². The summed E-state index contributed by atoms with van der Waals surface area (Å²) in [5.41, 5.74) is 2.42. The molecule has 1 aliphatic heterocycles. The van der Waals surface area contributed by atoms with Crippen LogP contribution in [0.1, 0.15) is 30.0 Å². The number of para-hydroxylation sites is 1. The van der Waals surface area contributed by atoms with Gasteiger partial charge in [0, 0.05) is 12.6 Å². The molecule has 0 bridgehead atoms. The molecule has 1 aliphatic rings. The maximum absolute atomic E-state index is 12.5. The predicted molar refractivity (Wildman–Crippen MR) is 90.1 cm³/mol. The maximum atomic E-state index is 12.5. The van der Waals surface area contributed by atoms with E-state index in [1.165, 1.54) is 14.0 Å². The van der Waals surface area contributed by atoms with E-state index in [-0.39, 0.29) is 11.9 Å². The number of rotatable bonds is 3. The van der Waals surface area contributed by atoms with Gasteiger partial charge in [-0.25, -0.2) is 0 Å². The van der Waals surface area contributed by atoms with Gasteiger partial charge in [0.25, 0.3) is 0 Å². The molecule has 3 rings (SSSR count). The fourth-order valence-corrected chi connectivity index (χ4v) is 3.33. The molecular weight excluding hydrogens is 306 g/mol.